The van der Waals surface area contributed by atoms with Gasteiger partial charge in [-0.1, -0.05) is 24.3 Å². The molecule has 0 saturated carbocycles. The molecule has 114 valence electrons. The van der Waals surface area contributed by atoms with Crippen molar-refractivity contribution in [2.75, 3.05) is 0 Å². The van der Waals surface area contributed by atoms with Crippen molar-refractivity contribution in [3.05, 3.63) is 65.2 Å². The molecule has 0 amide bonds. The second-order valence-electron chi connectivity index (χ2n) is 4.33. The van der Waals surface area contributed by atoms with E-state index in [1.165, 1.54) is 6.07 Å². The maximum atomic E-state index is 12.6. The van der Waals surface area contributed by atoms with Gasteiger partial charge in [0.1, 0.15) is 12.4 Å². The highest BCUT2D eigenvalue weighted by Gasteiger charge is 2.30. The van der Waals surface area contributed by atoms with E-state index in [0.29, 0.717) is 17.9 Å². The van der Waals surface area contributed by atoms with E-state index in [1.54, 1.807) is 18.2 Å². The van der Waals surface area contributed by atoms with Crippen LogP contribution in [0.2, 0.25) is 0 Å². The van der Waals surface area contributed by atoms with Gasteiger partial charge in [-0.2, -0.15) is 13.2 Å². The van der Waals surface area contributed by atoms with Gasteiger partial charge < -0.3 is 10.5 Å². The standard InChI is InChI=1S/C15H14F3NO.ClH/c16-15(17,18)13-3-1-2-12(8-13)10-20-14-6-4-11(9-19)5-7-14;/h1-8H,9-10,19H2;1H. The molecule has 21 heavy (non-hydrogen) atoms. The first-order valence-electron chi connectivity index (χ1n) is 6.07. The first kappa shape index (κ1) is 17.3. The van der Waals surface area contributed by atoms with Crippen LogP contribution in [0.15, 0.2) is 48.5 Å². The molecule has 0 unspecified atom stereocenters. The predicted molar refractivity (Wildman–Crippen MR) is 77.4 cm³/mol. The van der Waals surface area contributed by atoms with Crippen molar-refractivity contribution in [3.8, 4) is 5.75 Å². The molecule has 2 N–H and O–H groups in total. The number of nitrogens with two attached hydrogens (primary N) is 1. The Kier molecular flexibility index (Phi) is 6.05. The van der Waals surface area contributed by atoms with Crippen LogP contribution in [0.25, 0.3) is 0 Å². The molecule has 0 atom stereocenters. The first-order valence-corrected chi connectivity index (χ1v) is 6.07. The monoisotopic (exact) mass is 317 g/mol. The minimum absolute atomic E-state index is 0. The zero-order valence-electron chi connectivity index (χ0n) is 11.1. The molecule has 0 fully saturated rings. The molecule has 0 heterocycles. The van der Waals surface area contributed by atoms with Crippen LogP contribution < -0.4 is 10.5 Å². The van der Waals surface area contributed by atoms with Crippen LogP contribution in [0.5, 0.6) is 5.75 Å². The van der Waals surface area contributed by atoms with Gasteiger partial charge in [0.2, 0.25) is 0 Å². The van der Waals surface area contributed by atoms with Crippen LogP contribution in [-0.2, 0) is 19.3 Å². The number of alkyl halides is 3. The Morgan fingerprint density at radius 1 is 0.952 bits per heavy atom. The number of rotatable bonds is 4. The summed E-state index contributed by atoms with van der Waals surface area (Å²) in [6.07, 6.45) is -4.33. The van der Waals surface area contributed by atoms with E-state index >= 15 is 0 Å². The molecular weight excluding hydrogens is 303 g/mol. The van der Waals surface area contributed by atoms with Crippen LogP contribution in [-0.4, -0.2) is 0 Å². The summed E-state index contributed by atoms with van der Waals surface area (Å²) in [4.78, 5) is 0. The number of hydrogen-bond donors (Lipinski definition) is 1. The Morgan fingerprint density at radius 3 is 2.19 bits per heavy atom. The molecule has 0 bridgehead atoms. The lowest BCUT2D eigenvalue weighted by atomic mass is 10.1. The largest absolute Gasteiger partial charge is 0.489 e. The summed E-state index contributed by atoms with van der Waals surface area (Å²) >= 11 is 0. The Bertz CT molecular complexity index is 570. The third-order valence-corrected chi connectivity index (χ3v) is 2.82. The highest BCUT2D eigenvalue weighted by molar-refractivity contribution is 5.85. The molecule has 0 radical (unpaired) electrons. The average Bonchev–Trinajstić information content (AvgIpc) is 2.45. The smallest absolute Gasteiger partial charge is 0.416 e. The summed E-state index contributed by atoms with van der Waals surface area (Å²) in [6, 6.07) is 12.2. The fraction of sp³-hybridized carbons (Fsp3) is 0.200. The zero-order chi connectivity index (χ0) is 14.6. The molecule has 0 aromatic heterocycles. The summed E-state index contributed by atoms with van der Waals surface area (Å²) in [5.41, 5.74) is 6.25. The summed E-state index contributed by atoms with van der Waals surface area (Å²) in [5.74, 6) is 0.597. The van der Waals surface area contributed by atoms with Crippen molar-refractivity contribution in [1.82, 2.24) is 0 Å². The Balaban J connectivity index is 0.00000220. The fourth-order valence-electron chi connectivity index (χ4n) is 1.73. The topological polar surface area (TPSA) is 35.2 Å². The maximum absolute atomic E-state index is 12.6. The van der Waals surface area contributed by atoms with Crippen LogP contribution in [0, 0.1) is 0 Å². The lowest BCUT2D eigenvalue weighted by Crippen LogP contribution is -2.06. The van der Waals surface area contributed by atoms with E-state index in [4.69, 9.17) is 10.5 Å². The maximum Gasteiger partial charge on any atom is 0.416 e. The van der Waals surface area contributed by atoms with Crippen LogP contribution in [0.3, 0.4) is 0 Å². The number of hydrogen-bond acceptors (Lipinski definition) is 2. The van der Waals surface area contributed by atoms with Gasteiger partial charge in [-0.05, 0) is 35.4 Å². The molecule has 0 aliphatic carbocycles. The number of halogens is 4. The summed E-state index contributed by atoms with van der Waals surface area (Å²) in [6.45, 7) is 0.528. The van der Waals surface area contributed by atoms with Crippen molar-refractivity contribution in [2.24, 2.45) is 5.73 Å². The molecule has 2 aromatic rings. The highest BCUT2D eigenvalue weighted by Crippen LogP contribution is 2.29. The Morgan fingerprint density at radius 2 is 1.62 bits per heavy atom. The van der Waals surface area contributed by atoms with Gasteiger partial charge in [-0.15, -0.1) is 12.4 Å². The summed E-state index contributed by atoms with van der Waals surface area (Å²) < 4.78 is 43.1. The van der Waals surface area contributed by atoms with E-state index in [9.17, 15) is 13.2 Å². The van der Waals surface area contributed by atoms with Crippen molar-refractivity contribution >= 4 is 12.4 Å². The minimum Gasteiger partial charge on any atom is -0.489 e. The third kappa shape index (κ3) is 4.95. The summed E-state index contributed by atoms with van der Waals surface area (Å²) in [5, 5.41) is 0. The molecule has 2 nitrogen and oxygen atoms in total. The second kappa shape index (κ2) is 7.33. The minimum atomic E-state index is -4.33. The van der Waals surface area contributed by atoms with Crippen molar-refractivity contribution in [3.63, 3.8) is 0 Å². The van der Waals surface area contributed by atoms with E-state index in [2.05, 4.69) is 0 Å². The van der Waals surface area contributed by atoms with Crippen molar-refractivity contribution < 1.29 is 17.9 Å². The zero-order valence-corrected chi connectivity index (χ0v) is 11.9. The first-order chi connectivity index (χ1) is 9.49. The summed E-state index contributed by atoms with van der Waals surface area (Å²) in [7, 11) is 0. The van der Waals surface area contributed by atoms with E-state index in [1.807, 2.05) is 12.1 Å². The van der Waals surface area contributed by atoms with Gasteiger partial charge >= 0.3 is 6.18 Å². The van der Waals surface area contributed by atoms with Gasteiger partial charge in [0.05, 0.1) is 5.56 Å². The third-order valence-electron chi connectivity index (χ3n) is 2.82. The van der Waals surface area contributed by atoms with Gasteiger partial charge in [-0.25, -0.2) is 0 Å². The van der Waals surface area contributed by atoms with E-state index in [0.717, 1.165) is 17.7 Å². The average molecular weight is 318 g/mol. The fourth-order valence-corrected chi connectivity index (χ4v) is 1.73. The van der Waals surface area contributed by atoms with Gasteiger partial charge in [-0.3, -0.25) is 0 Å². The van der Waals surface area contributed by atoms with Gasteiger partial charge in [0.15, 0.2) is 0 Å². The molecule has 0 spiro atoms. The van der Waals surface area contributed by atoms with Crippen molar-refractivity contribution in [1.29, 1.82) is 0 Å². The SMILES string of the molecule is Cl.NCc1ccc(OCc2cccc(C(F)(F)F)c2)cc1. The number of ether oxygens (including phenoxy) is 1. The lowest BCUT2D eigenvalue weighted by molar-refractivity contribution is -0.137. The van der Waals surface area contributed by atoms with E-state index < -0.39 is 11.7 Å². The van der Waals surface area contributed by atoms with Gasteiger partial charge in [0, 0.05) is 6.54 Å². The molecule has 2 aromatic carbocycles. The molecule has 0 aliphatic heterocycles. The quantitative estimate of drug-likeness (QED) is 0.918. The normalized spacial score (nSPS) is 10.9. The Labute approximate surface area is 127 Å². The second-order valence-corrected chi connectivity index (χ2v) is 4.33. The van der Waals surface area contributed by atoms with Crippen LogP contribution in [0.1, 0.15) is 16.7 Å². The van der Waals surface area contributed by atoms with Crippen LogP contribution in [0.4, 0.5) is 13.2 Å². The number of benzene rings is 2. The molecule has 0 saturated heterocycles. The van der Waals surface area contributed by atoms with Crippen molar-refractivity contribution in [2.45, 2.75) is 19.3 Å². The van der Waals surface area contributed by atoms with E-state index in [-0.39, 0.29) is 19.0 Å². The molecule has 2 rings (SSSR count). The molecular formula is C15H15ClF3NO. The Hall–Kier alpha value is -1.72. The van der Waals surface area contributed by atoms with Gasteiger partial charge in [0.25, 0.3) is 0 Å². The molecule has 6 heteroatoms. The predicted octanol–water partition coefficient (Wildman–Crippen LogP) is 4.16. The highest BCUT2D eigenvalue weighted by atomic mass is 35.5. The molecule has 0 aliphatic rings. The van der Waals surface area contributed by atoms with Crippen LogP contribution >= 0.6 is 12.4 Å². The lowest BCUT2D eigenvalue weighted by Gasteiger charge is -2.10.